The van der Waals surface area contributed by atoms with Crippen LogP contribution in [0.15, 0.2) is 24.3 Å². The van der Waals surface area contributed by atoms with Crippen LogP contribution in [0.5, 0.6) is 0 Å². The number of carbonyl (C=O) groups excluding carboxylic acids is 1. The van der Waals surface area contributed by atoms with E-state index in [1.54, 1.807) is 0 Å². The van der Waals surface area contributed by atoms with E-state index in [1.165, 1.54) is 5.56 Å². The van der Waals surface area contributed by atoms with E-state index in [9.17, 15) is 4.79 Å². The highest BCUT2D eigenvalue weighted by molar-refractivity contribution is 6.30. The van der Waals surface area contributed by atoms with Crippen LogP contribution in [0, 0.1) is 0 Å². The molecule has 4 nitrogen and oxygen atoms in total. The first kappa shape index (κ1) is 19.2. The molecule has 1 unspecified atom stereocenters. The normalized spacial score (nSPS) is 18.1. The summed E-state index contributed by atoms with van der Waals surface area (Å²) >= 11 is 5.97. The number of benzene rings is 1. The van der Waals surface area contributed by atoms with Gasteiger partial charge in [0, 0.05) is 42.7 Å². The van der Waals surface area contributed by atoms with Gasteiger partial charge in [-0.05, 0) is 37.5 Å². The molecular weight excluding hydrogens is 323 g/mol. The van der Waals surface area contributed by atoms with Gasteiger partial charge in [-0.25, -0.2) is 0 Å². The third-order valence-corrected chi connectivity index (χ3v) is 4.29. The molecule has 124 valence electrons. The zero-order valence-electron chi connectivity index (χ0n) is 12.8. The van der Waals surface area contributed by atoms with Gasteiger partial charge in [-0.15, -0.1) is 12.4 Å². The van der Waals surface area contributed by atoms with Gasteiger partial charge in [0.25, 0.3) is 0 Å². The van der Waals surface area contributed by atoms with Crippen molar-refractivity contribution in [2.24, 2.45) is 5.73 Å². The lowest BCUT2D eigenvalue weighted by Gasteiger charge is -2.38. The summed E-state index contributed by atoms with van der Waals surface area (Å²) in [5.74, 6) is 0.00447. The van der Waals surface area contributed by atoms with Crippen molar-refractivity contribution in [1.29, 1.82) is 0 Å². The Morgan fingerprint density at radius 3 is 2.50 bits per heavy atom. The number of nitrogens with two attached hydrogens (primary N) is 1. The number of nitrogens with one attached hydrogen (secondary N) is 1. The average Bonchev–Trinajstić information content (AvgIpc) is 2.46. The molecule has 1 saturated heterocycles. The minimum absolute atomic E-state index is 0. The summed E-state index contributed by atoms with van der Waals surface area (Å²) in [7, 11) is 0. The van der Waals surface area contributed by atoms with Crippen molar-refractivity contribution < 1.29 is 9.53 Å². The Hall–Kier alpha value is -0.810. The lowest BCUT2D eigenvalue weighted by molar-refractivity contribution is -0.121. The topological polar surface area (TPSA) is 64.4 Å². The summed E-state index contributed by atoms with van der Waals surface area (Å²) in [4.78, 5) is 11.9. The molecule has 0 spiro atoms. The maximum Gasteiger partial charge on any atom is 0.221 e. The van der Waals surface area contributed by atoms with E-state index in [1.807, 2.05) is 31.2 Å². The molecule has 0 aromatic heterocycles. The second-order valence-corrected chi connectivity index (χ2v) is 6.29. The molecule has 1 aromatic carbocycles. The number of halogens is 2. The summed E-state index contributed by atoms with van der Waals surface area (Å²) in [5, 5.41) is 3.75. The third-order valence-electron chi connectivity index (χ3n) is 4.04. The van der Waals surface area contributed by atoms with Gasteiger partial charge in [-0.2, -0.15) is 0 Å². The molecule has 2 rings (SSSR count). The smallest absolute Gasteiger partial charge is 0.221 e. The summed E-state index contributed by atoms with van der Waals surface area (Å²) in [6, 6.07) is 7.78. The van der Waals surface area contributed by atoms with Gasteiger partial charge < -0.3 is 15.8 Å². The summed E-state index contributed by atoms with van der Waals surface area (Å²) in [6.45, 7) is 3.88. The van der Waals surface area contributed by atoms with Gasteiger partial charge in [-0.1, -0.05) is 23.7 Å². The van der Waals surface area contributed by atoms with Gasteiger partial charge >= 0.3 is 0 Å². The zero-order chi connectivity index (χ0) is 15.3. The third kappa shape index (κ3) is 5.13. The first-order valence-corrected chi connectivity index (χ1v) is 7.76. The fourth-order valence-electron chi connectivity index (χ4n) is 2.77. The van der Waals surface area contributed by atoms with E-state index >= 15 is 0 Å². The molecular formula is C16H24Cl2N2O2. The number of rotatable bonds is 5. The van der Waals surface area contributed by atoms with Crippen LogP contribution in [0.4, 0.5) is 0 Å². The van der Waals surface area contributed by atoms with Crippen LogP contribution in [-0.4, -0.2) is 31.7 Å². The molecule has 0 bridgehead atoms. The molecule has 1 aromatic rings. The minimum atomic E-state index is -0.119. The van der Waals surface area contributed by atoms with Crippen molar-refractivity contribution in [2.75, 3.05) is 19.8 Å². The maximum atomic E-state index is 11.9. The van der Waals surface area contributed by atoms with E-state index in [0.29, 0.717) is 26.2 Å². The average molecular weight is 347 g/mol. The van der Waals surface area contributed by atoms with E-state index in [4.69, 9.17) is 22.1 Å². The Bertz CT molecular complexity index is 472. The Kier molecular flexibility index (Phi) is 7.63. The quantitative estimate of drug-likeness (QED) is 0.861. The predicted molar refractivity (Wildman–Crippen MR) is 91.7 cm³/mol. The van der Waals surface area contributed by atoms with Crippen molar-refractivity contribution in [1.82, 2.24) is 5.32 Å². The second-order valence-electron chi connectivity index (χ2n) is 5.86. The Labute approximate surface area is 143 Å². The van der Waals surface area contributed by atoms with Gasteiger partial charge in [0.15, 0.2) is 0 Å². The van der Waals surface area contributed by atoms with Crippen LogP contribution >= 0.6 is 24.0 Å². The molecule has 6 heteroatoms. The van der Waals surface area contributed by atoms with Gasteiger partial charge in [0.2, 0.25) is 5.91 Å². The molecule has 1 heterocycles. The summed E-state index contributed by atoms with van der Waals surface area (Å²) < 4.78 is 5.48. The van der Waals surface area contributed by atoms with Crippen molar-refractivity contribution in [3.8, 4) is 0 Å². The van der Waals surface area contributed by atoms with E-state index in [0.717, 1.165) is 17.9 Å². The zero-order valence-corrected chi connectivity index (χ0v) is 14.4. The number of amides is 1. The Balaban J connectivity index is 0.00000242. The monoisotopic (exact) mass is 346 g/mol. The Morgan fingerprint density at radius 2 is 1.95 bits per heavy atom. The lowest BCUT2D eigenvalue weighted by atomic mass is 9.74. The van der Waals surface area contributed by atoms with Gasteiger partial charge in [0.1, 0.15) is 0 Å². The molecule has 3 N–H and O–H groups in total. The van der Waals surface area contributed by atoms with Crippen LogP contribution in [-0.2, 0) is 14.9 Å². The summed E-state index contributed by atoms with van der Waals surface area (Å²) in [6.07, 6.45) is 2.15. The molecule has 1 amide bonds. The molecule has 1 fully saturated rings. The van der Waals surface area contributed by atoms with Gasteiger partial charge in [0.05, 0.1) is 0 Å². The molecule has 0 aliphatic carbocycles. The number of carbonyl (C=O) groups is 1. The first-order chi connectivity index (χ1) is 10.0. The molecule has 1 aliphatic rings. The molecule has 22 heavy (non-hydrogen) atoms. The maximum absolute atomic E-state index is 11.9. The first-order valence-electron chi connectivity index (χ1n) is 7.38. The van der Waals surface area contributed by atoms with Crippen LogP contribution < -0.4 is 11.1 Å². The SMILES string of the molecule is CC(N)CC(=O)NCC1(c2ccc(Cl)cc2)CCOCC1.Cl. The molecule has 0 saturated carbocycles. The van der Waals surface area contributed by atoms with Crippen molar-refractivity contribution in [3.05, 3.63) is 34.9 Å². The minimum Gasteiger partial charge on any atom is -0.381 e. The van der Waals surface area contributed by atoms with Crippen LogP contribution in [0.25, 0.3) is 0 Å². The van der Waals surface area contributed by atoms with Crippen molar-refractivity contribution >= 4 is 29.9 Å². The molecule has 0 radical (unpaired) electrons. The fraction of sp³-hybridized carbons (Fsp3) is 0.562. The predicted octanol–water partition coefficient (Wildman–Crippen LogP) is 2.66. The van der Waals surface area contributed by atoms with Crippen LogP contribution in [0.2, 0.25) is 5.02 Å². The van der Waals surface area contributed by atoms with Gasteiger partial charge in [-0.3, -0.25) is 4.79 Å². The number of ether oxygens (including phenoxy) is 1. The number of hydrogen-bond acceptors (Lipinski definition) is 3. The van der Waals surface area contributed by atoms with Crippen LogP contribution in [0.3, 0.4) is 0 Å². The molecule has 1 aliphatic heterocycles. The standard InChI is InChI=1S/C16H23ClN2O2.ClH/c1-12(18)10-15(20)19-11-16(6-8-21-9-7-16)13-2-4-14(17)5-3-13;/h2-5,12H,6-11,18H2,1H3,(H,19,20);1H. The highest BCUT2D eigenvalue weighted by Crippen LogP contribution is 2.34. The van der Waals surface area contributed by atoms with Crippen molar-refractivity contribution in [2.45, 2.75) is 37.6 Å². The second kappa shape index (κ2) is 8.73. The van der Waals surface area contributed by atoms with Crippen LogP contribution in [0.1, 0.15) is 31.7 Å². The van der Waals surface area contributed by atoms with Crippen molar-refractivity contribution in [3.63, 3.8) is 0 Å². The lowest BCUT2D eigenvalue weighted by Crippen LogP contribution is -2.45. The summed E-state index contributed by atoms with van der Waals surface area (Å²) in [5.41, 5.74) is 6.80. The fourth-order valence-corrected chi connectivity index (χ4v) is 2.89. The van der Waals surface area contributed by atoms with E-state index in [2.05, 4.69) is 5.32 Å². The largest absolute Gasteiger partial charge is 0.381 e. The van der Waals surface area contributed by atoms with E-state index < -0.39 is 0 Å². The number of hydrogen-bond donors (Lipinski definition) is 2. The highest BCUT2D eigenvalue weighted by atomic mass is 35.5. The Morgan fingerprint density at radius 1 is 1.36 bits per heavy atom. The van der Waals surface area contributed by atoms with E-state index in [-0.39, 0.29) is 29.8 Å². The molecule has 1 atom stereocenters. The highest BCUT2D eigenvalue weighted by Gasteiger charge is 2.34.